The van der Waals surface area contributed by atoms with Crippen molar-refractivity contribution < 1.29 is 9.53 Å². The zero-order chi connectivity index (χ0) is 23.7. The molecule has 170 valence electrons. The highest BCUT2D eigenvalue weighted by Gasteiger charge is 2.30. The van der Waals surface area contributed by atoms with Crippen LogP contribution in [0.3, 0.4) is 0 Å². The van der Waals surface area contributed by atoms with Gasteiger partial charge in [-0.3, -0.25) is 4.79 Å². The maximum absolute atomic E-state index is 12.3. The molecule has 0 aliphatic heterocycles. The van der Waals surface area contributed by atoms with Crippen LogP contribution < -0.4 is 5.32 Å². The van der Waals surface area contributed by atoms with Crippen LogP contribution in [0, 0.1) is 0 Å². The Morgan fingerprint density at radius 2 is 1.50 bits per heavy atom. The lowest BCUT2D eigenvalue weighted by Gasteiger charge is -2.31. The van der Waals surface area contributed by atoms with Crippen LogP contribution in [-0.4, -0.2) is 18.0 Å². The summed E-state index contributed by atoms with van der Waals surface area (Å²) in [5, 5.41) is 4.22. The van der Waals surface area contributed by atoms with Crippen molar-refractivity contribution in [3.05, 3.63) is 77.0 Å². The molecule has 0 unspecified atom stereocenters. The molecule has 2 aromatic carbocycles. The number of aromatic nitrogens is 1. The maximum Gasteiger partial charge on any atom is 0.217 e. The van der Waals surface area contributed by atoms with E-state index in [0.29, 0.717) is 0 Å². The van der Waals surface area contributed by atoms with Gasteiger partial charge in [0.2, 0.25) is 5.91 Å². The molecule has 3 aromatic rings. The van der Waals surface area contributed by atoms with E-state index in [1.807, 2.05) is 30.3 Å². The number of nitrogens with one attached hydrogen (secondary N) is 1. The molecule has 3 rings (SSSR count). The number of benzene rings is 2. The highest BCUT2D eigenvalue weighted by Crippen LogP contribution is 2.37. The molecule has 0 saturated carbocycles. The van der Waals surface area contributed by atoms with E-state index in [4.69, 9.17) is 9.72 Å². The summed E-state index contributed by atoms with van der Waals surface area (Å²) in [5.74, 6) is -0.101. The molecule has 0 bridgehead atoms. The Bertz CT molecular complexity index is 1070. The summed E-state index contributed by atoms with van der Waals surface area (Å²) in [5.41, 5.74) is 5.14. The van der Waals surface area contributed by atoms with Gasteiger partial charge in [-0.25, -0.2) is 4.98 Å². The van der Waals surface area contributed by atoms with E-state index in [1.54, 1.807) is 14.0 Å². The van der Waals surface area contributed by atoms with Crippen molar-refractivity contribution in [1.29, 1.82) is 0 Å². The fourth-order valence-electron chi connectivity index (χ4n) is 3.92. The van der Waals surface area contributed by atoms with Crippen molar-refractivity contribution in [1.82, 2.24) is 10.3 Å². The van der Waals surface area contributed by atoms with E-state index in [1.165, 1.54) is 11.1 Å². The zero-order valence-electron chi connectivity index (χ0n) is 20.6. The molecule has 4 heteroatoms. The maximum atomic E-state index is 12.3. The number of hydrogen-bond acceptors (Lipinski definition) is 3. The average molecular weight is 433 g/mol. The number of carbonyl (C=O) groups excluding carboxylic acids is 1. The molecule has 1 heterocycles. The smallest absolute Gasteiger partial charge is 0.217 e. The molecule has 2 atom stereocenters. The normalized spacial score (nSPS) is 14.2. The molecule has 1 aromatic heterocycles. The second-order valence-electron chi connectivity index (χ2n) is 10.6. The predicted molar refractivity (Wildman–Crippen MR) is 132 cm³/mol. The topological polar surface area (TPSA) is 51.2 Å². The van der Waals surface area contributed by atoms with E-state index in [9.17, 15) is 4.79 Å². The first-order valence-corrected chi connectivity index (χ1v) is 11.2. The van der Waals surface area contributed by atoms with Gasteiger partial charge in [-0.1, -0.05) is 84.0 Å². The van der Waals surface area contributed by atoms with Gasteiger partial charge in [-0.15, -0.1) is 0 Å². The highest BCUT2D eigenvalue weighted by atomic mass is 16.5. The van der Waals surface area contributed by atoms with Gasteiger partial charge in [-0.05, 0) is 39.7 Å². The number of ether oxygens (including phenoxy) is 1. The van der Waals surface area contributed by atoms with Crippen LogP contribution >= 0.6 is 0 Å². The lowest BCUT2D eigenvalue weighted by atomic mass is 9.78. The predicted octanol–water partition coefficient (Wildman–Crippen LogP) is 6.39. The van der Waals surface area contributed by atoms with E-state index >= 15 is 0 Å². The molecule has 0 spiro atoms. The minimum absolute atomic E-state index is 0.0272. The summed E-state index contributed by atoms with van der Waals surface area (Å²) in [6.45, 7) is 14.8. The molecule has 1 amide bonds. The second-order valence-corrected chi connectivity index (χ2v) is 10.6. The van der Waals surface area contributed by atoms with E-state index in [2.05, 4.69) is 71.1 Å². The second kappa shape index (κ2) is 9.03. The van der Waals surface area contributed by atoms with Crippen molar-refractivity contribution in [3.63, 3.8) is 0 Å². The standard InChI is InChI=1S/C28H36N2O2/c1-18(31)29-25(20-15-21(27(2,3)4)17-22(16-20)28(5,6)7)26(32-8)24-14-13-19-11-9-10-12-23(19)30-24/h9-17,25-26H,1-8H3,(H,29,31)/t25-,26-/m1/s1. The molecular weight excluding hydrogens is 396 g/mol. The fourth-order valence-corrected chi connectivity index (χ4v) is 3.92. The molecule has 0 fully saturated rings. The molecule has 4 nitrogen and oxygen atoms in total. The van der Waals surface area contributed by atoms with Gasteiger partial charge >= 0.3 is 0 Å². The van der Waals surface area contributed by atoms with E-state index < -0.39 is 6.10 Å². The van der Waals surface area contributed by atoms with Gasteiger partial charge in [0.1, 0.15) is 6.10 Å². The lowest BCUT2D eigenvalue weighted by molar-refractivity contribution is -0.120. The number of fused-ring (bicyclic) bond motifs is 1. The highest BCUT2D eigenvalue weighted by molar-refractivity contribution is 5.78. The number of rotatable bonds is 5. The van der Waals surface area contributed by atoms with Crippen LogP contribution in [-0.2, 0) is 20.4 Å². The quantitative estimate of drug-likeness (QED) is 0.508. The van der Waals surface area contributed by atoms with Crippen LogP contribution in [0.5, 0.6) is 0 Å². The summed E-state index contributed by atoms with van der Waals surface area (Å²) >= 11 is 0. The Morgan fingerprint density at radius 1 is 0.906 bits per heavy atom. The summed E-state index contributed by atoms with van der Waals surface area (Å²) in [6.07, 6.45) is -0.424. The number of para-hydroxylation sites is 1. The molecule has 0 aliphatic rings. The molecule has 0 aliphatic carbocycles. The van der Waals surface area contributed by atoms with E-state index in [-0.39, 0.29) is 22.8 Å². The lowest BCUT2D eigenvalue weighted by Crippen LogP contribution is -2.33. The summed E-state index contributed by atoms with van der Waals surface area (Å²) in [7, 11) is 1.68. The first kappa shape index (κ1) is 23.9. The van der Waals surface area contributed by atoms with Gasteiger partial charge in [0.15, 0.2) is 0 Å². The first-order chi connectivity index (χ1) is 14.9. The van der Waals surface area contributed by atoms with Gasteiger partial charge in [-0.2, -0.15) is 0 Å². The number of pyridine rings is 1. The van der Waals surface area contributed by atoms with Gasteiger partial charge in [0, 0.05) is 19.4 Å². The molecule has 0 radical (unpaired) electrons. The number of amides is 1. The first-order valence-electron chi connectivity index (χ1n) is 11.2. The number of nitrogens with zero attached hydrogens (tertiary/aromatic N) is 1. The monoisotopic (exact) mass is 432 g/mol. The van der Waals surface area contributed by atoms with Crippen molar-refractivity contribution in [2.75, 3.05) is 7.11 Å². The number of carbonyl (C=O) groups is 1. The molecule has 1 N–H and O–H groups in total. The Morgan fingerprint density at radius 3 is 2.03 bits per heavy atom. The third-order valence-corrected chi connectivity index (χ3v) is 5.87. The van der Waals surface area contributed by atoms with Crippen LogP contribution in [0.25, 0.3) is 10.9 Å². The Labute approximate surface area is 192 Å². The summed E-state index contributed by atoms with van der Waals surface area (Å²) < 4.78 is 5.98. The van der Waals surface area contributed by atoms with Gasteiger partial charge in [0.25, 0.3) is 0 Å². The van der Waals surface area contributed by atoms with Crippen molar-refractivity contribution >= 4 is 16.8 Å². The number of hydrogen-bond donors (Lipinski definition) is 1. The van der Waals surface area contributed by atoms with Crippen LogP contribution in [0.1, 0.15) is 83.0 Å². The van der Waals surface area contributed by atoms with Gasteiger partial charge < -0.3 is 10.1 Å². The third-order valence-electron chi connectivity index (χ3n) is 5.87. The largest absolute Gasteiger partial charge is 0.373 e. The minimum Gasteiger partial charge on any atom is -0.373 e. The number of methoxy groups -OCH3 is 1. The zero-order valence-corrected chi connectivity index (χ0v) is 20.6. The van der Waals surface area contributed by atoms with Gasteiger partial charge in [0.05, 0.1) is 17.3 Å². The van der Waals surface area contributed by atoms with Crippen LogP contribution in [0.2, 0.25) is 0 Å². The van der Waals surface area contributed by atoms with Crippen molar-refractivity contribution in [3.8, 4) is 0 Å². The molecular formula is C28H36N2O2. The van der Waals surface area contributed by atoms with E-state index in [0.717, 1.165) is 22.2 Å². The SMILES string of the molecule is CO[C@H](c1ccc2ccccc2n1)[C@H](NC(C)=O)c1cc(C(C)(C)C)cc(C(C)(C)C)c1. The Kier molecular flexibility index (Phi) is 6.75. The van der Waals surface area contributed by atoms with Crippen LogP contribution in [0.15, 0.2) is 54.6 Å². The summed E-state index contributed by atoms with van der Waals surface area (Å²) in [6, 6.07) is 18.4. The average Bonchev–Trinajstić information content (AvgIpc) is 2.71. The van der Waals surface area contributed by atoms with Crippen LogP contribution in [0.4, 0.5) is 0 Å². The molecule has 32 heavy (non-hydrogen) atoms. The summed E-state index contributed by atoms with van der Waals surface area (Å²) in [4.78, 5) is 17.1. The Balaban J connectivity index is 2.18. The van der Waals surface area contributed by atoms with Crippen molar-refractivity contribution in [2.45, 2.75) is 71.4 Å². The van der Waals surface area contributed by atoms with Crippen molar-refractivity contribution in [2.24, 2.45) is 0 Å². The minimum atomic E-state index is -0.424. The third kappa shape index (κ3) is 5.36. The Hall–Kier alpha value is -2.72. The fraction of sp³-hybridized carbons (Fsp3) is 0.429. The molecule has 0 saturated heterocycles.